The molecule has 1 saturated heterocycles. The summed E-state index contributed by atoms with van der Waals surface area (Å²) in [6.07, 6.45) is 2.35. The molecule has 2 unspecified atom stereocenters. The van der Waals surface area contributed by atoms with Gasteiger partial charge in [-0.1, -0.05) is 50.2 Å². The maximum Gasteiger partial charge on any atom is 0.0499 e. The zero-order valence-electron chi connectivity index (χ0n) is 13.1. The molecule has 2 aromatic rings. The Hall–Kier alpha value is -1.38. The molecule has 3 rings (SSSR count). The summed E-state index contributed by atoms with van der Waals surface area (Å²) in [7, 11) is 0. The number of hydrogen-bond acceptors (Lipinski definition) is 2. The molecule has 0 aromatic heterocycles. The minimum absolute atomic E-state index is 0.249. The molecule has 0 saturated carbocycles. The predicted octanol–water partition coefficient (Wildman–Crippen LogP) is 3.96. The molecular formula is C19H26N2. The first-order valence-corrected chi connectivity index (χ1v) is 8.13. The second kappa shape index (κ2) is 6.17. The fourth-order valence-corrected chi connectivity index (χ4v) is 3.62. The lowest BCUT2D eigenvalue weighted by Crippen LogP contribution is -2.47. The van der Waals surface area contributed by atoms with Crippen molar-refractivity contribution in [2.24, 2.45) is 11.7 Å². The molecule has 1 aliphatic heterocycles. The summed E-state index contributed by atoms with van der Waals surface area (Å²) in [5.41, 5.74) is 7.86. The lowest BCUT2D eigenvalue weighted by molar-refractivity contribution is 0.114. The lowest BCUT2D eigenvalue weighted by atomic mass is 9.89. The first kappa shape index (κ1) is 14.6. The van der Waals surface area contributed by atoms with Gasteiger partial charge in [0.15, 0.2) is 0 Å². The second-order valence-corrected chi connectivity index (χ2v) is 6.75. The highest BCUT2D eigenvalue weighted by Crippen LogP contribution is 2.32. The van der Waals surface area contributed by atoms with Gasteiger partial charge in [-0.3, -0.25) is 4.90 Å². The van der Waals surface area contributed by atoms with Gasteiger partial charge >= 0.3 is 0 Å². The topological polar surface area (TPSA) is 29.3 Å². The summed E-state index contributed by atoms with van der Waals surface area (Å²) < 4.78 is 0. The van der Waals surface area contributed by atoms with Crippen LogP contribution in [0.3, 0.4) is 0 Å². The van der Waals surface area contributed by atoms with E-state index in [1.165, 1.54) is 29.3 Å². The van der Waals surface area contributed by atoms with Crippen molar-refractivity contribution >= 4 is 10.8 Å². The van der Waals surface area contributed by atoms with E-state index in [0.29, 0.717) is 12.0 Å². The Bertz CT molecular complexity index is 605. The highest BCUT2D eigenvalue weighted by atomic mass is 15.2. The third kappa shape index (κ3) is 3.12. The predicted molar refractivity (Wildman–Crippen MR) is 90.3 cm³/mol. The van der Waals surface area contributed by atoms with Crippen molar-refractivity contribution in [3.63, 3.8) is 0 Å². The summed E-state index contributed by atoms with van der Waals surface area (Å²) >= 11 is 0. The molecule has 1 aliphatic rings. The second-order valence-electron chi connectivity index (χ2n) is 6.75. The molecule has 2 aromatic carbocycles. The van der Waals surface area contributed by atoms with Gasteiger partial charge in [0, 0.05) is 18.6 Å². The van der Waals surface area contributed by atoms with Crippen LogP contribution in [0.4, 0.5) is 0 Å². The van der Waals surface area contributed by atoms with E-state index in [1.54, 1.807) is 0 Å². The van der Waals surface area contributed by atoms with Crippen molar-refractivity contribution in [2.45, 2.75) is 38.8 Å². The Morgan fingerprint density at radius 3 is 2.67 bits per heavy atom. The van der Waals surface area contributed by atoms with Gasteiger partial charge < -0.3 is 5.73 Å². The maximum absolute atomic E-state index is 6.48. The van der Waals surface area contributed by atoms with Crippen LogP contribution in [0, 0.1) is 5.92 Å². The monoisotopic (exact) mass is 282 g/mol. The molecule has 0 bridgehead atoms. The number of piperidine rings is 1. The van der Waals surface area contributed by atoms with E-state index >= 15 is 0 Å². The Kier molecular flexibility index (Phi) is 4.27. The van der Waals surface area contributed by atoms with Crippen LogP contribution >= 0.6 is 0 Å². The van der Waals surface area contributed by atoms with Crippen LogP contribution in [-0.4, -0.2) is 24.0 Å². The Balaban J connectivity index is 1.96. The fourth-order valence-electron chi connectivity index (χ4n) is 3.62. The van der Waals surface area contributed by atoms with Crippen LogP contribution in [0.15, 0.2) is 42.5 Å². The van der Waals surface area contributed by atoms with E-state index in [0.717, 1.165) is 13.0 Å². The van der Waals surface area contributed by atoms with E-state index in [-0.39, 0.29) is 6.04 Å². The first-order valence-electron chi connectivity index (χ1n) is 8.13. The molecule has 0 amide bonds. The summed E-state index contributed by atoms with van der Waals surface area (Å²) in [6, 6.07) is 16.0. The number of rotatable bonds is 3. The van der Waals surface area contributed by atoms with Crippen LogP contribution in [-0.2, 0) is 0 Å². The highest BCUT2D eigenvalue weighted by molar-refractivity contribution is 5.83. The van der Waals surface area contributed by atoms with E-state index < -0.39 is 0 Å². The molecule has 0 spiro atoms. The van der Waals surface area contributed by atoms with Crippen molar-refractivity contribution in [1.29, 1.82) is 0 Å². The normalized spacial score (nSPS) is 23.8. The van der Waals surface area contributed by atoms with Crippen LogP contribution in [0.2, 0.25) is 0 Å². The molecule has 2 heteroatoms. The SMILES string of the molecule is CC(C)CN1CCCC(N)C1c1ccc2ccccc2c1. The van der Waals surface area contributed by atoms with Crippen molar-refractivity contribution in [1.82, 2.24) is 4.90 Å². The Morgan fingerprint density at radius 1 is 1.14 bits per heavy atom. The minimum atomic E-state index is 0.249. The van der Waals surface area contributed by atoms with Gasteiger partial charge in [-0.05, 0) is 47.7 Å². The number of likely N-dealkylation sites (tertiary alicyclic amines) is 1. The van der Waals surface area contributed by atoms with Crippen LogP contribution in [0.25, 0.3) is 10.8 Å². The zero-order valence-corrected chi connectivity index (χ0v) is 13.1. The number of nitrogens with zero attached hydrogens (tertiary/aromatic N) is 1. The van der Waals surface area contributed by atoms with Gasteiger partial charge in [-0.15, -0.1) is 0 Å². The molecule has 1 fully saturated rings. The van der Waals surface area contributed by atoms with E-state index in [4.69, 9.17) is 5.73 Å². The van der Waals surface area contributed by atoms with Gasteiger partial charge in [0.05, 0.1) is 0 Å². The summed E-state index contributed by atoms with van der Waals surface area (Å²) in [4.78, 5) is 2.59. The van der Waals surface area contributed by atoms with Crippen LogP contribution in [0.5, 0.6) is 0 Å². The number of benzene rings is 2. The number of fused-ring (bicyclic) bond motifs is 1. The maximum atomic E-state index is 6.48. The van der Waals surface area contributed by atoms with E-state index in [9.17, 15) is 0 Å². The molecule has 2 atom stereocenters. The number of hydrogen-bond donors (Lipinski definition) is 1. The largest absolute Gasteiger partial charge is 0.326 e. The minimum Gasteiger partial charge on any atom is -0.326 e. The third-order valence-corrected chi connectivity index (χ3v) is 4.50. The van der Waals surface area contributed by atoms with Gasteiger partial charge in [-0.25, -0.2) is 0 Å². The zero-order chi connectivity index (χ0) is 14.8. The van der Waals surface area contributed by atoms with E-state index in [1.807, 2.05) is 0 Å². The molecule has 0 radical (unpaired) electrons. The average Bonchev–Trinajstić information content (AvgIpc) is 2.46. The Morgan fingerprint density at radius 2 is 1.90 bits per heavy atom. The standard InChI is InChI=1S/C19H26N2/c1-14(2)13-21-11-5-8-18(20)19(21)17-10-9-15-6-3-4-7-16(15)12-17/h3-4,6-7,9-10,12,14,18-19H,5,8,11,13,20H2,1-2H3. The average molecular weight is 282 g/mol. The van der Waals surface area contributed by atoms with Gasteiger partial charge in [-0.2, -0.15) is 0 Å². The van der Waals surface area contributed by atoms with Gasteiger partial charge in [0.25, 0.3) is 0 Å². The molecule has 21 heavy (non-hydrogen) atoms. The first-order chi connectivity index (χ1) is 10.1. The Labute approximate surface area is 127 Å². The van der Waals surface area contributed by atoms with Gasteiger partial charge in [0.2, 0.25) is 0 Å². The van der Waals surface area contributed by atoms with Crippen molar-refractivity contribution < 1.29 is 0 Å². The third-order valence-electron chi connectivity index (χ3n) is 4.50. The lowest BCUT2D eigenvalue weighted by Gasteiger charge is -2.41. The molecule has 0 aliphatic carbocycles. The van der Waals surface area contributed by atoms with E-state index in [2.05, 4.69) is 61.2 Å². The van der Waals surface area contributed by atoms with Gasteiger partial charge in [0.1, 0.15) is 0 Å². The summed E-state index contributed by atoms with van der Waals surface area (Å²) in [6.45, 7) is 6.88. The van der Waals surface area contributed by atoms with Crippen LogP contribution < -0.4 is 5.73 Å². The summed E-state index contributed by atoms with van der Waals surface area (Å²) in [5, 5.41) is 2.62. The summed E-state index contributed by atoms with van der Waals surface area (Å²) in [5.74, 6) is 0.679. The van der Waals surface area contributed by atoms with Crippen LogP contribution in [0.1, 0.15) is 38.3 Å². The molecule has 1 heterocycles. The fraction of sp³-hybridized carbons (Fsp3) is 0.474. The van der Waals surface area contributed by atoms with Crippen molar-refractivity contribution in [3.8, 4) is 0 Å². The molecular weight excluding hydrogens is 256 g/mol. The molecule has 112 valence electrons. The van der Waals surface area contributed by atoms with Crippen molar-refractivity contribution in [3.05, 3.63) is 48.0 Å². The molecule has 2 N–H and O–H groups in total. The highest BCUT2D eigenvalue weighted by Gasteiger charge is 2.30. The number of nitrogens with two attached hydrogens (primary N) is 1. The smallest absolute Gasteiger partial charge is 0.0499 e. The van der Waals surface area contributed by atoms with Crippen molar-refractivity contribution in [2.75, 3.05) is 13.1 Å². The quantitative estimate of drug-likeness (QED) is 0.923. The molecule has 2 nitrogen and oxygen atoms in total.